The van der Waals surface area contributed by atoms with Gasteiger partial charge in [0.2, 0.25) is 0 Å². The molecule has 1 N–H and O–H groups in total. The van der Waals surface area contributed by atoms with E-state index in [0.717, 1.165) is 5.56 Å². The number of nitro groups is 1. The summed E-state index contributed by atoms with van der Waals surface area (Å²) in [7, 11) is -3.07. The first kappa shape index (κ1) is 14.2. The lowest BCUT2D eigenvalue weighted by atomic mass is 10.2. The normalized spacial score (nSPS) is 20.6. The lowest BCUT2D eigenvalue weighted by Crippen LogP contribution is -2.29. The molecule has 0 fully saturated rings. The SMILES string of the molecule is O=[N+]([O-])c1ccc(CNC2C=CS(=O)(=O)C2)c(Br)c1. The summed E-state index contributed by atoms with van der Waals surface area (Å²) in [5.74, 6) is 0.0532. The lowest BCUT2D eigenvalue weighted by molar-refractivity contribution is -0.384. The molecule has 0 aromatic heterocycles. The quantitative estimate of drug-likeness (QED) is 0.662. The van der Waals surface area contributed by atoms with E-state index >= 15 is 0 Å². The molecule has 0 radical (unpaired) electrons. The van der Waals surface area contributed by atoms with E-state index in [1.807, 2.05) is 0 Å². The molecular weight excluding hydrogens is 336 g/mol. The van der Waals surface area contributed by atoms with Gasteiger partial charge in [-0.2, -0.15) is 0 Å². The number of rotatable bonds is 4. The van der Waals surface area contributed by atoms with Crippen molar-refractivity contribution >= 4 is 31.5 Å². The minimum atomic E-state index is -3.07. The summed E-state index contributed by atoms with van der Waals surface area (Å²) in [6.07, 6.45) is 1.61. The monoisotopic (exact) mass is 346 g/mol. The Hall–Kier alpha value is -1.25. The number of sulfone groups is 1. The van der Waals surface area contributed by atoms with Crippen LogP contribution in [-0.2, 0) is 16.4 Å². The van der Waals surface area contributed by atoms with Gasteiger partial charge in [-0.25, -0.2) is 8.42 Å². The number of non-ortho nitro benzene ring substituents is 1. The molecular formula is C11H11BrN2O4S. The Labute approximate surface area is 118 Å². The Balaban J connectivity index is 2.01. The van der Waals surface area contributed by atoms with Crippen LogP contribution in [0.5, 0.6) is 0 Å². The zero-order chi connectivity index (χ0) is 14.0. The number of halogens is 1. The summed E-state index contributed by atoms with van der Waals surface area (Å²) in [6.45, 7) is 0.434. The molecule has 1 unspecified atom stereocenters. The molecule has 2 rings (SSSR count). The Bertz CT molecular complexity index is 642. The molecule has 1 heterocycles. The van der Waals surface area contributed by atoms with E-state index in [9.17, 15) is 18.5 Å². The summed E-state index contributed by atoms with van der Waals surface area (Å²) < 4.78 is 23.1. The van der Waals surface area contributed by atoms with Crippen molar-refractivity contribution in [2.75, 3.05) is 5.75 Å². The highest BCUT2D eigenvalue weighted by Crippen LogP contribution is 2.23. The summed E-state index contributed by atoms with van der Waals surface area (Å²) >= 11 is 3.27. The standard InChI is InChI=1S/C11H11BrN2O4S/c12-11-5-10(14(15)16)2-1-8(11)6-13-9-3-4-19(17,18)7-9/h1-5,9,13H,6-7H2. The van der Waals surface area contributed by atoms with E-state index in [1.54, 1.807) is 12.1 Å². The summed E-state index contributed by atoms with van der Waals surface area (Å²) in [5.41, 5.74) is 0.849. The second kappa shape index (κ2) is 5.40. The van der Waals surface area contributed by atoms with Crippen LogP contribution in [0.2, 0.25) is 0 Å². The first-order chi connectivity index (χ1) is 8.87. The van der Waals surface area contributed by atoms with Crippen molar-refractivity contribution in [3.63, 3.8) is 0 Å². The fourth-order valence-electron chi connectivity index (χ4n) is 1.74. The van der Waals surface area contributed by atoms with E-state index in [2.05, 4.69) is 21.2 Å². The molecule has 6 nitrogen and oxygen atoms in total. The number of nitro benzene ring substituents is 1. The van der Waals surface area contributed by atoms with E-state index in [1.165, 1.54) is 17.5 Å². The topological polar surface area (TPSA) is 89.3 Å². The highest BCUT2D eigenvalue weighted by molar-refractivity contribution is 9.10. The Morgan fingerprint density at radius 2 is 2.21 bits per heavy atom. The van der Waals surface area contributed by atoms with Crippen molar-refractivity contribution < 1.29 is 13.3 Å². The molecule has 102 valence electrons. The van der Waals surface area contributed by atoms with Crippen LogP contribution in [0.15, 0.2) is 34.2 Å². The Morgan fingerprint density at radius 1 is 1.47 bits per heavy atom. The average Bonchev–Trinajstić information content (AvgIpc) is 2.67. The third-order valence-electron chi connectivity index (χ3n) is 2.73. The maximum absolute atomic E-state index is 11.2. The van der Waals surface area contributed by atoms with E-state index < -0.39 is 14.8 Å². The van der Waals surface area contributed by atoms with Crippen molar-refractivity contribution in [2.24, 2.45) is 0 Å². The second-order valence-electron chi connectivity index (χ2n) is 4.18. The van der Waals surface area contributed by atoms with Gasteiger partial charge in [-0.05, 0) is 11.6 Å². The molecule has 1 aromatic rings. The highest BCUT2D eigenvalue weighted by atomic mass is 79.9. The van der Waals surface area contributed by atoms with Gasteiger partial charge in [-0.1, -0.05) is 22.0 Å². The molecule has 0 saturated heterocycles. The molecule has 0 amide bonds. The summed E-state index contributed by atoms with van der Waals surface area (Å²) in [6, 6.07) is 4.27. The van der Waals surface area contributed by atoms with Crippen LogP contribution in [-0.4, -0.2) is 25.1 Å². The highest BCUT2D eigenvalue weighted by Gasteiger charge is 2.21. The minimum absolute atomic E-state index is 0.0129. The maximum atomic E-state index is 11.2. The third-order valence-corrected chi connectivity index (χ3v) is 4.87. The van der Waals surface area contributed by atoms with Crippen LogP contribution >= 0.6 is 15.9 Å². The van der Waals surface area contributed by atoms with Gasteiger partial charge < -0.3 is 5.32 Å². The van der Waals surface area contributed by atoms with Crippen LogP contribution < -0.4 is 5.32 Å². The van der Waals surface area contributed by atoms with Crippen molar-refractivity contribution in [2.45, 2.75) is 12.6 Å². The molecule has 19 heavy (non-hydrogen) atoms. The lowest BCUT2D eigenvalue weighted by Gasteiger charge is -2.10. The van der Waals surface area contributed by atoms with Gasteiger partial charge in [-0.15, -0.1) is 0 Å². The van der Waals surface area contributed by atoms with E-state index in [0.29, 0.717) is 11.0 Å². The van der Waals surface area contributed by atoms with Gasteiger partial charge in [0.05, 0.1) is 10.7 Å². The molecule has 0 bridgehead atoms. The predicted molar refractivity (Wildman–Crippen MR) is 74.4 cm³/mol. The second-order valence-corrected chi connectivity index (χ2v) is 6.96. The third kappa shape index (κ3) is 3.62. The molecule has 1 atom stereocenters. The van der Waals surface area contributed by atoms with Gasteiger partial charge in [0.15, 0.2) is 9.84 Å². The van der Waals surface area contributed by atoms with Gasteiger partial charge >= 0.3 is 0 Å². The van der Waals surface area contributed by atoms with E-state index in [4.69, 9.17) is 0 Å². The fourth-order valence-corrected chi connectivity index (χ4v) is 3.51. The molecule has 1 aliphatic heterocycles. The first-order valence-electron chi connectivity index (χ1n) is 5.44. The molecule has 8 heteroatoms. The van der Waals surface area contributed by atoms with E-state index in [-0.39, 0.29) is 17.5 Å². The molecule has 1 aromatic carbocycles. The molecule has 0 saturated carbocycles. The smallest absolute Gasteiger partial charge is 0.270 e. The number of benzene rings is 1. The van der Waals surface area contributed by atoms with Gasteiger partial charge in [-0.3, -0.25) is 10.1 Å². The first-order valence-corrected chi connectivity index (χ1v) is 7.95. The minimum Gasteiger partial charge on any atom is -0.305 e. The van der Waals surface area contributed by atoms with Gasteiger partial charge in [0.1, 0.15) is 0 Å². The van der Waals surface area contributed by atoms with Crippen LogP contribution in [0.4, 0.5) is 5.69 Å². The summed E-state index contributed by atoms with van der Waals surface area (Å²) in [5, 5.41) is 14.9. The van der Waals surface area contributed by atoms with Crippen molar-refractivity contribution in [1.29, 1.82) is 0 Å². The van der Waals surface area contributed by atoms with Crippen molar-refractivity contribution in [1.82, 2.24) is 5.32 Å². The van der Waals surface area contributed by atoms with Crippen molar-refractivity contribution in [3.8, 4) is 0 Å². The number of hydrogen-bond donors (Lipinski definition) is 1. The van der Waals surface area contributed by atoms with Gasteiger partial charge in [0.25, 0.3) is 5.69 Å². The van der Waals surface area contributed by atoms with Crippen LogP contribution in [0, 0.1) is 10.1 Å². The molecule has 0 aliphatic carbocycles. The Kier molecular flexibility index (Phi) is 4.02. The predicted octanol–water partition coefficient (Wildman–Crippen LogP) is 1.76. The fraction of sp³-hybridized carbons (Fsp3) is 0.273. The largest absolute Gasteiger partial charge is 0.305 e. The molecule has 0 spiro atoms. The van der Waals surface area contributed by atoms with Gasteiger partial charge in [0, 0.05) is 34.6 Å². The zero-order valence-electron chi connectivity index (χ0n) is 9.74. The zero-order valence-corrected chi connectivity index (χ0v) is 12.1. The summed E-state index contributed by atoms with van der Waals surface area (Å²) in [4.78, 5) is 10.1. The van der Waals surface area contributed by atoms with Crippen molar-refractivity contribution in [3.05, 3.63) is 49.8 Å². The number of nitrogens with one attached hydrogen (secondary N) is 1. The van der Waals surface area contributed by atoms with Crippen LogP contribution in [0.3, 0.4) is 0 Å². The average molecular weight is 347 g/mol. The molecule has 1 aliphatic rings. The van der Waals surface area contributed by atoms with Crippen LogP contribution in [0.25, 0.3) is 0 Å². The number of hydrogen-bond acceptors (Lipinski definition) is 5. The number of nitrogens with zero attached hydrogens (tertiary/aromatic N) is 1. The maximum Gasteiger partial charge on any atom is 0.270 e. The Morgan fingerprint density at radius 3 is 2.74 bits per heavy atom. The van der Waals surface area contributed by atoms with Crippen LogP contribution in [0.1, 0.15) is 5.56 Å².